The number of hydrogen-bond donors (Lipinski definition) is 1. The van der Waals surface area contributed by atoms with E-state index in [0.717, 1.165) is 17.7 Å². The summed E-state index contributed by atoms with van der Waals surface area (Å²) in [6.07, 6.45) is 1.34. The average Bonchev–Trinajstić information content (AvgIpc) is 3.38. The topological polar surface area (TPSA) is 55.4 Å². The van der Waals surface area contributed by atoms with Crippen molar-refractivity contribution < 1.29 is 23.1 Å². The maximum atomic E-state index is 13.5. The smallest absolute Gasteiger partial charge is 0.317 e. The molecule has 0 saturated heterocycles. The number of carbonyl (C=O) groups excluding carboxylic acids is 2. The first-order valence-corrected chi connectivity index (χ1v) is 7.49. The van der Waals surface area contributed by atoms with Crippen molar-refractivity contribution >= 4 is 17.6 Å². The number of amides is 1. The molecule has 0 atom stereocenters. The van der Waals surface area contributed by atoms with E-state index in [0.29, 0.717) is 18.9 Å². The fourth-order valence-corrected chi connectivity index (χ4v) is 2.54. The highest BCUT2D eigenvalue weighted by Crippen LogP contribution is 2.49. The predicted molar refractivity (Wildman–Crippen MR) is 83.3 cm³/mol. The van der Waals surface area contributed by atoms with Crippen molar-refractivity contribution in [1.29, 1.82) is 0 Å². The van der Waals surface area contributed by atoms with Gasteiger partial charge in [-0.3, -0.25) is 9.59 Å². The molecule has 2 aromatic carbocycles. The molecule has 0 unspecified atom stereocenters. The molecule has 3 rings (SSSR count). The third kappa shape index (κ3) is 3.27. The molecule has 0 aliphatic heterocycles. The largest absolute Gasteiger partial charge is 0.455 e. The van der Waals surface area contributed by atoms with Crippen LogP contribution in [0, 0.1) is 11.6 Å². The van der Waals surface area contributed by atoms with Gasteiger partial charge in [0.15, 0.2) is 6.61 Å². The van der Waals surface area contributed by atoms with E-state index in [-0.39, 0.29) is 5.69 Å². The lowest BCUT2D eigenvalue weighted by Crippen LogP contribution is -2.28. The molecule has 1 aliphatic carbocycles. The summed E-state index contributed by atoms with van der Waals surface area (Å²) in [5.74, 6) is -2.78. The van der Waals surface area contributed by atoms with E-state index in [9.17, 15) is 18.4 Å². The van der Waals surface area contributed by atoms with Crippen LogP contribution in [-0.2, 0) is 19.7 Å². The van der Waals surface area contributed by atoms with Gasteiger partial charge in [-0.1, -0.05) is 30.3 Å². The molecule has 1 aliphatic rings. The van der Waals surface area contributed by atoms with E-state index in [2.05, 4.69) is 5.32 Å². The zero-order chi connectivity index (χ0) is 17.2. The monoisotopic (exact) mass is 331 g/mol. The second-order valence-electron chi connectivity index (χ2n) is 5.70. The lowest BCUT2D eigenvalue weighted by Gasteiger charge is -2.14. The van der Waals surface area contributed by atoms with Crippen molar-refractivity contribution in [2.24, 2.45) is 0 Å². The molecule has 0 bridgehead atoms. The lowest BCUT2D eigenvalue weighted by atomic mass is 9.96. The fourth-order valence-electron chi connectivity index (χ4n) is 2.54. The van der Waals surface area contributed by atoms with Crippen LogP contribution in [0.25, 0.3) is 0 Å². The van der Waals surface area contributed by atoms with Gasteiger partial charge < -0.3 is 10.1 Å². The first kappa shape index (κ1) is 16.1. The van der Waals surface area contributed by atoms with E-state index < -0.39 is 35.5 Å². The number of anilines is 1. The highest BCUT2D eigenvalue weighted by molar-refractivity contribution is 5.94. The van der Waals surface area contributed by atoms with Gasteiger partial charge in [0.1, 0.15) is 11.6 Å². The minimum absolute atomic E-state index is 0.165. The van der Waals surface area contributed by atoms with E-state index in [1.807, 2.05) is 30.3 Å². The minimum Gasteiger partial charge on any atom is -0.455 e. The first-order valence-electron chi connectivity index (χ1n) is 7.49. The maximum Gasteiger partial charge on any atom is 0.317 e. The number of carbonyl (C=O) groups is 2. The van der Waals surface area contributed by atoms with Gasteiger partial charge >= 0.3 is 5.97 Å². The Balaban J connectivity index is 1.58. The van der Waals surface area contributed by atoms with E-state index in [4.69, 9.17) is 4.74 Å². The molecular formula is C18H15F2NO3. The zero-order valence-corrected chi connectivity index (χ0v) is 12.7. The Labute approximate surface area is 137 Å². The molecule has 0 spiro atoms. The quantitative estimate of drug-likeness (QED) is 0.856. The summed E-state index contributed by atoms with van der Waals surface area (Å²) in [4.78, 5) is 24.1. The van der Waals surface area contributed by atoms with Crippen LogP contribution >= 0.6 is 0 Å². The summed E-state index contributed by atoms with van der Waals surface area (Å²) in [6, 6.07) is 12.0. The molecule has 0 aromatic heterocycles. The molecule has 1 saturated carbocycles. The van der Waals surface area contributed by atoms with Crippen molar-refractivity contribution in [3.63, 3.8) is 0 Å². The second-order valence-corrected chi connectivity index (χ2v) is 5.70. The third-order valence-electron chi connectivity index (χ3n) is 4.01. The summed E-state index contributed by atoms with van der Waals surface area (Å²) < 4.78 is 31.4. The van der Waals surface area contributed by atoms with Gasteiger partial charge in [0.2, 0.25) is 0 Å². The molecule has 1 fully saturated rings. The molecule has 2 aromatic rings. The van der Waals surface area contributed by atoms with E-state index in [1.165, 1.54) is 0 Å². The van der Waals surface area contributed by atoms with Gasteiger partial charge in [-0.25, -0.2) is 8.78 Å². The number of nitrogens with one attached hydrogen (secondary N) is 1. The highest BCUT2D eigenvalue weighted by atomic mass is 19.1. The Hall–Kier alpha value is -2.76. The van der Waals surface area contributed by atoms with Gasteiger partial charge in [-0.15, -0.1) is 0 Å². The van der Waals surface area contributed by atoms with Crippen LogP contribution in [0.1, 0.15) is 18.4 Å². The Bertz CT molecular complexity index is 773. The Kier molecular flexibility index (Phi) is 4.29. The number of esters is 1. The standard InChI is InChI=1S/C18H15F2NO3/c19-13-6-7-15(14(20)10-13)21-16(22)11-24-17(23)18(8-9-18)12-4-2-1-3-5-12/h1-7,10H,8-9,11H2,(H,21,22). The van der Waals surface area contributed by atoms with Crippen LogP contribution in [0.2, 0.25) is 0 Å². The molecular weight excluding hydrogens is 316 g/mol. The Morgan fingerprint density at radius 1 is 1.08 bits per heavy atom. The van der Waals surface area contributed by atoms with E-state index in [1.54, 1.807) is 0 Å². The fraction of sp³-hybridized carbons (Fsp3) is 0.222. The molecule has 1 N–H and O–H groups in total. The third-order valence-corrected chi connectivity index (χ3v) is 4.01. The highest BCUT2D eigenvalue weighted by Gasteiger charge is 2.52. The molecule has 4 nitrogen and oxygen atoms in total. The SMILES string of the molecule is O=C(COC(=O)C1(c2ccccc2)CC1)Nc1ccc(F)cc1F. The first-order chi connectivity index (χ1) is 11.5. The van der Waals surface area contributed by atoms with Crippen molar-refractivity contribution in [1.82, 2.24) is 0 Å². The van der Waals surface area contributed by atoms with Crippen LogP contribution in [-0.4, -0.2) is 18.5 Å². The van der Waals surface area contributed by atoms with Gasteiger partial charge in [0.25, 0.3) is 5.91 Å². The molecule has 0 heterocycles. The van der Waals surface area contributed by atoms with Crippen LogP contribution in [0.4, 0.5) is 14.5 Å². The van der Waals surface area contributed by atoms with Gasteiger partial charge in [-0.2, -0.15) is 0 Å². The zero-order valence-electron chi connectivity index (χ0n) is 12.7. The van der Waals surface area contributed by atoms with Gasteiger partial charge in [0.05, 0.1) is 11.1 Å². The molecule has 124 valence electrons. The number of hydrogen-bond acceptors (Lipinski definition) is 3. The average molecular weight is 331 g/mol. The number of ether oxygens (including phenoxy) is 1. The normalized spacial score (nSPS) is 14.8. The summed E-state index contributed by atoms with van der Waals surface area (Å²) >= 11 is 0. The number of benzene rings is 2. The van der Waals surface area contributed by atoms with Crippen molar-refractivity contribution in [2.45, 2.75) is 18.3 Å². The Morgan fingerprint density at radius 3 is 2.42 bits per heavy atom. The predicted octanol–water partition coefficient (Wildman–Crippen LogP) is 3.18. The second kappa shape index (κ2) is 6.39. The lowest BCUT2D eigenvalue weighted by molar-refractivity contribution is -0.150. The summed E-state index contributed by atoms with van der Waals surface area (Å²) in [5.41, 5.74) is 0.0180. The Morgan fingerprint density at radius 2 is 1.79 bits per heavy atom. The van der Waals surface area contributed by atoms with Crippen molar-refractivity contribution in [2.75, 3.05) is 11.9 Å². The number of halogens is 2. The minimum atomic E-state index is -0.891. The summed E-state index contributed by atoms with van der Waals surface area (Å²) in [5, 5.41) is 2.25. The molecule has 0 radical (unpaired) electrons. The van der Waals surface area contributed by atoms with Crippen LogP contribution < -0.4 is 5.32 Å². The van der Waals surface area contributed by atoms with Gasteiger partial charge in [0, 0.05) is 6.07 Å². The molecule has 6 heteroatoms. The summed E-state index contributed by atoms with van der Waals surface area (Å²) in [7, 11) is 0. The summed E-state index contributed by atoms with van der Waals surface area (Å²) in [6.45, 7) is -0.524. The van der Waals surface area contributed by atoms with Crippen LogP contribution in [0.5, 0.6) is 0 Å². The van der Waals surface area contributed by atoms with Crippen molar-refractivity contribution in [3.05, 3.63) is 65.7 Å². The van der Waals surface area contributed by atoms with Gasteiger partial charge in [-0.05, 0) is 30.5 Å². The molecule has 24 heavy (non-hydrogen) atoms. The van der Waals surface area contributed by atoms with E-state index >= 15 is 0 Å². The van der Waals surface area contributed by atoms with Crippen molar-refractivity contribution in [3.8, 4) is 0 Å². The number of rotatable bonds is 5. The van der Waals surface area contributed by atoms with Crippen LogP contribution in [0.3, 0.4) is 0 Å². The molecule has 1 amide bonds. The van der Waals surface area contributed by atoms with Crippen LogP contribution in [0.15, 0.2) is 48.5 Å². The maximum absolute atomic E-state index is 13.5.